The molecule has 6 heteroatoms. The molecule has 0 spiro atoms. The number of halogens is 1. The number of benzene rings is 1. The van der Waals surface area contributed by atoms with Crippen LogP contribution in [0, 0.1) is 11.7 Å². The van der Waals surface area contributed by atoms with Crippen molar-refractivity contribution in [1.82, 2.24) is 0 Å². The quantitative estimate of drug-likeness (QED) is 0.848. The van der Waals surface area contributed by atoms with Gasteiger partial charge < -0.3 is 4.74 Å². The van der Waals surface area contributed by atoms with E-state index in [4.69, 9.17) is 9.88 Å². The van der Waals surface area contributed by atoms with Crippen LogP contribution in [0.2, 0.25) is 0 Å². The lowest BCUT2D eigenvalue weighted by Crippen LogP contribution is -2.25. The molecule has 1 rings (SSSR count). The van der Waals surface area contributed by atoms with Crippen LogP contribution in [0.25, 0.3) is 0 Å². The first-order valence-corrected chi connectivity index (χ1v) is 6.47. The van der Waals surface area contributed by atoms with Crippen LogP contribution in [-0.4, -0.2) is 20.8 Å². The van der Waals surface area contributed by atoms with Crippen molar-refractivity contribution < 1.29 is 17.5 Å². The van der Waals surface area contributed by atoms with Gasteiger partial charge in [0.1, 0.15) is 11.6 Å². The third kappa shape index (κ3) is 5.09. The highest BCUT2D eigenvalue weighted by Gasteiger charge is 2.11. The Bertz CT molecular complexity index is 430. The third-order valence-corrected chi connectivity index (χ3v) is 2.90. The summed E-state index contributed by atoms with van der Waals surface area (Å²) in [7, 11) is -3.47. The smallest absolute Gasteiger partial charge is 0.209 e. The fourth-order valence-corrected chi connectivity index (χ4v) is 2.10. The summed E-state index contributed by atoms with van der Waals surface area (Å²) in [6, 6.07) is 5.53. The van der Waals surface area contributed by atoms with Gasteiger partial charge in [-0.1, -0.05) is 6.92 Å². The summed E-state index contributed by atoms with van der Waals surface area (Å²) >= 11 is 0. The van der Waals surface area contributed by atoms with Crippen LogP contribution in [0.1, 0.15) is 6.92 Å². The maximum atomic E-state index is 12.6. The summed E-state index contributed by atoms with van der Waals surface area (Å²) in [6.07, 6.45) is 0. The molecule has 1 atom stereocenters. The third-order valence-electron chi connectivity index (χ3n) is 1.86. The van der Waals surface area contributed by atoms with Crippen molar-refractivity contribution in [2.45, 2.75) is 6.92 Å². The van der Waals surface area contributed by atoms with E-state index in [2.05, 4.69) is 0 Å². The first kappa shape index (κ1) is 12.9. The monoisotopic (exact) mass is 247 g/mol. The number of hydrogen-bond donors (Lipinski definition) is 1. The van der Waals surface area contributed by atoms with Gasteiger partial charge in [-0.2, -0.15) is 0 Å². The minimum absolute atomic E-state index is 0.131. The normalized spacial score (nSPS) is 13.4. The Hall–Kier alpha value is -1.14. The Labute approximate surface area is 94.3 Å². The van der Waals surface area contributed by atoms with Gasteiger partial charge >= 0.3 is 0 Å². The van der Waals surface area contributed by atoms with E-state index < -0.39 is 10.0 Å². The van der Waals surface area contributed by atoms with Crippen molar-refractivity contribution in [3.63, 3.8) is 0 Å². The Morgan fingerprint density at radius 2 is 1.94 bits per heavy atom. The van der Waals surface area contributed by atoms with Gasteiger partial charge in [0.05, 0.1) is 12.4 Å². The van der Waals surface area contributed by atoms with Crippen LogP contribution in [0.15, 0.2) is 24.3 Å². The van der Waals surface area contributed by atoms with Crippen LogP contribution in [0.4, 0.5) is 4.39 Å². The van der Waals surface area contributed by atoms with Crippen molar-refractivity contribution in [3.8, 4) is 5.75 Å². The van der Waals surface area contributed by atoms with Gasteiger partial charge in [-0.15, -0.1) is 0 Å². The van der Waals surface area contributed by atoms with Crippen molar-refractivity contribution in [3.05, 3.63) is 30.1 Å². The van der Waals surface area contributed by atoms with Crippen LogP contribution < -0.4 is 9.88 Å². The molecule has 0 aliphatic rings. The van der Waals surface area contributed by atoms with Crippen LogP contribution in [0.5, 0.6) is 5.75 Å². The zero-order valence-electron chi connectivity index (χ0n) is 8.89. The van der Waals surface area contributed by atoms with Gasteiger partial charge in [0.25, 0.3) is 0 Å². The summed E-state index contributed by atoms with van der Waals surface area (Å²) in [5.41, 5.74) is 0. The second-order valence-electron chi connectivity index (χ2n) is 3.70. The fraction of sp³-hybridized carbons (Fsp3) is 0.400. The molecule has 0 fully saturated rings. The van der Waals surface area contributed by atoms with E-state index in [1.807, 2.05) is 0 Å². The molecular formula is C10H14FNO3S. The van der Waals surface area contributed by atoms with Crippen molar-refractivity contribution in [2.75, 3.05) is 12.4 Å². The first-order chi connectivity index (χ1) is 7.37. The maximum absolute atomic E-state index is 12.6. The number of sulfonamides is 1. The zero-order valence-corrected chi connectivity index (χ0v) is 9.71. The second-order valence-corrected chi connectivity index (χ2v) is 5.36. The molecule has 1 aromatic rings. The molecule has 4 nitrogen and oxygen atoms in total. The second kappa shape index (κ2) is 5.27. The minimum atomic E-state index is -3.47. The molecule has 0 amide bonds. The average molecular weight is 247 g/mol. The summed E-state index contributed by atoms with van der Waals surface area (Å²) in [4.78, 5) is 0. The standard InChI is InChI=1S/C10H14FNO3S/c1-8(7-16(12,13)14)6-15-10-4-2-9(11)3-5-10/h2-5,8H,6-7H2,1H3,(H2,12,13,14). The SMILES string of the molecule is CC(COc1ccc(F)cc1)CS(N)(=O)=O. The lowest BCUT2D eigenvalue weighted by atomic mass is 10.2. The average Bonchev–Trinajstić information content (AvgIpc) is 2.14. The van der Waals surface area contributed by atoms with Gasteiger partial charge in [0.2, 0.25) is 10.0 Å². The number of ether oxygens (including phenoxy) is 1. The maximum Gasteiger partial charge on any atom is 0.209 e. The molecule has 0 radical (unpaired) electrons. The summed E-state index contributed by atoms with van der Waals surface area (Å²) < 4.78 is 39.4. The van der Waals surface area contributed by atoms with E-state index in [1.165, 1.54) is 24.3 Å². The summed E-state index contributed by atoms with van der Waals surface area (Å²) in [5.74, 6) is -0.179. The molecule has 1 unspecified atom stereocenters. The number of hydrogen-bond acceptors (Lipinski definition) is 3. The van der Waals surface area contributed by atoms with Crippen LogP contribution >= 0.6 is 0 Å². The van der Waals surface area contributed by atoms with Crippen molar-refractivity contribution >= 4 is 10.0 Å². The van der Waals surface area contributed by atoms with E-state index in [1.54, 1.807) is 6.92 Å². The molecule has 2 N–H and O–H groups in total. The van der Waals surface area contributed by atoms with Gasteiger partial charge in [-0.05, 0) is 24.3 Å². The highest BCUT2D eigenvalue weighted by molar-refractivity contribution is 7.89. The molecule has 90 valence electrons. The Kier molecular flexibility index (Phi) is 4.26. The number of nitrogens with two attached hydrogens (primary N) is 1. The number of rotatable bonds is 5. The molecule has 16 heavy (non-hydrogen) atoms. The topological polar surface area (TPSA) is 69.4 Å². The predicted octanol–water partition coefficient (Wildman–Crippen LogP) is 1.13. The lowest BCUT2D eigenvalue weighted by molar-refractivity contribution is 0.271. The molecule has 1 aromatic carbocycles. The molecule has 0 aromatic heterocycles. The van der Waals surface area contributed by atoms with E-state index in [0.29, 0.717) is 5.75 Å². The molecule has 0 saturated carbocycles. The molecule has 0 aliphatic heterocycles. The molecule has 0 bridgehead atoms. The Morgan fingerprint density at radius 1 is 1.38 bits per heavy atom. The van der Waals surface area contributed by atoms with Crippen molar-refractivity contribution in [2.24, 2.45) is 11.1 Å². The molecule has 0 saturated heterocycles. The first-order valence-electron chi connectivity index (χ1n) is 4.75. The van der Waals surface area contributed by atoms with E-state index in [9.17, 15) is 12.8 Å². The van der Waals surface area contributed by atoms with Crippen molar-refractivity contribution in [1.29, 1.82) is 0 Å². The lowest BCUT2D eigenvalue weighted by Gasteiger charge is -2.11. The largest absolute Gasteiger partial charge is 0.493 e. The van der Waals surface area contributed by atoms with Gasteiger partial charge in [-0.25, -0.2) is 17.9 Å². The van der Waals surface area contributed by atoms with Gasteiger partial charge in [0, 0.05) is 5.92 Å². The summed E-state index contributed by atoms with van der Waals surface area (Å²) in [5, 5.41) is 4.89. The number of primary sulfonamides is 1. The Balaban J connectivity index is 2.43. The van der Waals surface area contributed by atoms with Crippen LogP contribution in [0.3, 0.4) is 0 Å². The minimum Gasteiger partial charge on any atom is -0.493 e. The van der Waals surface area contributed by atoms with Gasteiger partial charge in [0.15, 0.2) is 0 Å². The highest BCUT2D eigenvalue weighted by atomic mass is 32.2. The van der Waals surface area contributed by atoms with E-state index in [0.717, 1.165) is 0 Å². The van der Waals surface area contributed by atoms with E-state index in [-0.39, 0.29) is 24.1 Å². The predicted molar refractivity (Wildman–Crippen MR) is 59.0 cm³/mol. The Morgan fingerprint density at radius 3 is 2.44 bits per heavy atom. The molecule has 0 heterocycles. The summed E-state index contributed by atoms with van der Waals surface area (Å²) in [6.45, 7) is 1.94. The van der Waals surface area contributed by atoms with E-state index >= 15 is 0 Å². The van der Waals surface area contributed by atoms with Gasteiger partial charge in [-0.3, -0.25) is 0 Å². The van der Waals surface area contributed by atoms with Crippen LogP contribution in [-0.2, 0) is 10.0 Å². The molecule has 0 aliphatic carbocycles. The molecular weight excluding hydrogens is 233 g/mol. The fourth-order valence-electron chi connectivity index (χ4n) is 1.21. The highest BCUT2D eigenvalue weighted by Crippen LogP contribution is 2.12. The zero-order chi connectivity index (χ0) is 12.2.